The van der Waals surface area contributed by atoms with Crippen LogP contribution in [0, 0.1) is 0 Å². The van der Waals surface area contributed by atoms with E-state index in [0.717, 1.165) is 29.8 Å². The summed E-state index contributed by atoms with van der Waals surface area (Å²) in [6, 6.07) is 6.33. The third kappa shape index (κ3) is 2.78. The maximum atomic E-state index is 4.51. The molecule has 0 fully saturated rings. The third-order valence-corrected chi connectivity index (χ3v) is 3.66. The Morgan fingerprint density at radius 3 is 2.76 bits per heavy atom. The predicted molar refractivity (Wildman–Crippen MR) is 82.9 cm³/mol. The molecule has 3 aromatic rings. The van der Waals surface area contributed by atoms with Crippen LogP contribution >= 0.6 is 0 Å². The number of fused-ring (bicyclic) bond motifs is 1. The minimum absolute atomic E-state index is 0.177. The summed E-state index contributed by atoms with van der Waals surface area (Å²) in [5.74, 6) is 1.06. The van der Waals surface area contributed by atoms with Crippen LogP contribution in [0.3, 0.4) is 0 Å². The molecule has 3 rings (SSSR count). The predicted octanol–water partition coefficient (Wildman–Crippen LogP) is 2.26. The molecule has 0 aliphatic heterocycles. The lowest BCUT2D eigenvalue weighted by molar-refractivity contribution is 0.531. The second-order valence-electron chi connectivity index (χ2n) is 5.04. The smallest absolute Gasteiger partial charge is 0.110 e. The average molecular weight is 281 g/mol. The molecule has 0 amide bonds. The minimum Gasteiger partial charge on any atom is -0.338 e. The van der Waals surface area contributed by atoms with E-state index < -0.39 is 0 Å². The van der Waals surface area contributed by atoms with Gasteiger partial charge in [-0.15, -0.1) is 0 Å². The van der Waals surface area contributed by atoms with Gasteiger partial charge >= 0.3 is 0 Å². The number of benzene rings is 1. The molecule has 5 nitrogen and oxygen atoms in total. The number of hydrogen-bond donors (Lipinski definition) is 1. The first-order valence-electron chi connectivity index (χ1n) is 7.18. The van der Waals surface area contributed by atoms with Crippen LogP contribution in [0.2, 0.25) is 0 Å². The molecule has 1 atom stereocenters. The van der Waals surface area contributed by atoms with E-state index in [1.165, 1.54) is 5.56 Å². The number of hydrogen-bond acceptors (Lipinski definition) is 4. The van der Waals surface area contributed by atoms with E-state index in [4.69, 9.17) is 0 Å². The highest BCUT2D eigenvalue weighted by Gasteiger charge is 2.17. The van der Waals surface area contributed by atoms with Gasteiger partial charge in [-0.3, -0.25) is 9.97 Å². The Kier molecular flexibility index (Phi) is 3.92. The normalized spacial score (nSPS) is 12.7. The van der Waals surface area contributed by atoms with E-state index in [-0.39, 0.29) is 6.04 Å². The first kappa shape index (κ1) is 13.7. The summed E-state index contributed by atoms with van der Waals surface area (Å²) < 4.78 is 2.06. The Hall–Kier alpha value is -2.27. The molecular formula is C16H19N5. The van der Waals surface area contributed by atoms with Gasteiger partial charge in [0.2, 0.25) is 0 Å². The first-order valence-corrected chi connectivity index (χ1v) is 7.18. The van der Waals surface area contributed by atoms with Gasteiger partial charge in [-0.1, -0.05) is 19.1 Å². The Balaban J connectivity index is 2.01. The van der Waals surface area contributed by atoms with E-state index in [1.54, 1.807) is 12.4 Å². The number of para-hydroxylation sites is 1. The van der Waals surface area contributed by atoms with Crippen molar-refractivity contribution < 1.29 is 0 Å². The lowest BCUT2D eigenvalue weighted by atomic mass is 10.0. The maximum Gasteiger partial charge on any atom is 0.110 e. The van der Waals surface area contributed by atoms with Crippen molar-refractivity contribution in [3.8, 4) is 0 Å². The molecule has 1 N–H and O–H groups in total. The lowest BCUT2D eigenvalue weighted by Gasteiger charge is -2.19. The molecule has 2 aromatic heterocycles. The van der Waals surface area contributed by atoms with Crippen LogP contribution in [0.4, 0.5) is 0 Å². The highest BCUT2D eigenvalue weighted by Crippen LogP contribution is 2.23. The van der Waals surface area contributed by atoms with Gasteiger partial charge in [0, 0.05) is 44.3 Å². The van der Waals surface area contributed by atoms with Crippen molar-refractivity contribution in [3.63, 3.8) is 0 Å². The van der Waals surface area contributed by atoms with E-state index >= 15 is 0 Å². The average Bonchev–Trinajstić information content (AvgIpc) is 2.91. The summed E-state index contributed by atoms with van der Waals surface area (Å²) in [5, 5.41) is 3.54. The van der Waals surface area contributed by atoms with Gasteiger partial charge in [0.15, 0.2) is 0 Å². The van der Waals surface area contributed by atoms with Gasteiger partial charge < -0.3 is 9.88 Å². The van der Waals surface area contributed by atoms with Gasteiger partial charge in [0.1, 0.15) is 5.82 Å². The molecule has 0 aliphatic rings. The van der Waals surface area contributed by atoms with Crippen LogP contribution < -0.4 is 5.32 Å². The molecule has 0 spiro atoms. The van der Waals surface area contributed by atoms with Crippen LogP contribution in [-0.4, -0.2) is 26.1 Å². The number of imidazole rings is 1. The second kappa shape index (κ2) is 6.01. The number of nitrogens with zero attached hydrogens (tertiary/aromatic N) is 4. The first-order chi connectivity index (χ1) is 10.3. The number of likely N-dealkylation sites (N-methyl/N-ethyl adjacent to an activating group) is 1. The third-order valence-electron chi connectivity index (χ3n) is 3.66. The fraction of sp³-hybridized carbons (Fsp3) is 0.312. The summed E-state index contributed by atoms with van der Waals surface area (Å²) in [7, 11) is 2.02. The van der Waals surface area contributed by atoms with Gasteiger partial charge in [0.05, 0.1) is 11.0 Å². The molecule has 1 aromatic carbocycles. The molecular weight excluding hydrogens is 262 g/mol. The van der Waals surface area contributed by atoms with Crippen LogP contribution in [0.25, 0.3) is 11.0 Å². The summed E-state index contributed by atoms with van der Waals surface area (Å²) in [4.78, 5) is 13.3. The zero-order chi connectivity index (χ0) is 14.7. The molecule has 0 bridgehead atoms. The molecule has 108 valence electrons. The van der Waals surface area contributed by atoms with Crippen molar-refractivity contribution in [1.29, 1.82) is 0 Å². The van der Waals surface area contributed by atoms with Crippen molar-refractivity contribution in [1.82, 2.24) is 24.8 Å². The van der Waals surface area contributed by atoms with Crippen LogP contribution in [0.1, 0.15) is 24.4 Å². The number of aromatic nitrogens is 4. The minimum atomic E-state index is 0.177. The van der Waals surface area contributed by atoms with Gasteiger partial charge in [-0.2, -0.15) is 0 Å². The molecule has 5 heteroatoms. The number of aryl methyl sites for hydroxylation is 1. The quantitative estimate of drug-likeness (QED) is 0.779. The van der Waals surface area contributed by atoms with E-state index in [9.17, 15) is 0 Å². The maximum absolute atomic E-state index is 4.51. The Morgan fingerprint density at radius 1 is 1.14 bits per heavy atom. The fourth-order valence-electron chi connectivity index (χ4n) is 2.61. The van der Waals surface area contributed by atoms with E-state index in [1.807, 2.05) is 31.6 Å². The van der Waals surface area contributed by atoms with Gasteiger partial charge in [-0.05, 0) is 18.2 Å². The zero-order valence-electron chi connectivity index (χ0n) is 12.3. The molecule has 1 unspecified atom stereocenters. The highest BCUT2D eigenvalue weighted by atomic mass is 15.0. The SMILES string of the molecule is CCNC(Cc1nccn1C)c1cccc2nccnc12. The molecule has 2 heterocycles. The van der Waals surface area contributed by atoms with E-state index in [2.05, 4.69) is 37.8 Å². The monoisotopic (exact) mass is 281 g/mol. The zero-order valence-corrected chi connectivity index (χ0v) is 12.3. The second-order valence-corrected chi connectivity index (χ2v) is 5.04. The van der Waals surface area contributed by atoms with Gasteiger partial charge in [-0.25, -0.2) is 4.98 Å². The van der Waals surface area contributed by atoms with E-state index in [0.29, 0.717) is 0 Å². The molecule has 0 aliphatic carbocycles. The number of rotatable bonds is 5. The standard InChI is InChI=1S/C16H19N5/c1-3-17-14(11-15-19-9-10-21(15)2)12-5-4-6-13-16(12)20-8-7-18-13/h4-10,14,17H,3,11H2,1-2H3. The Bertz CT molecular complexity index is 729. The van der Waals surface area contributed by atoms with Crippen molar-refractivity contribution in [2.45, 2.75) is 19.4 Å². The Morgan fingerprint density at radius 2 is 2.00 bits per heavy atom. The van der Waals surface area contributed by atoms with Crippen molar-refractivity contribution in [2.75, 3.05) is 6.54 Å². The molecule has 0 saturated carbocycles. The molecule has 21 heavy (non-hydrogen) atoms. The summed E-state index contributed by atoms with van der Waals surface area (Å²) in [6.45, 7) is 3.01. The van der Waals surface area contributed by atoms with Gasteiger partial charge in [0.25, 0.3) is 0 Å². The molecule has 0 saturated heterocycles. The van der Waals surface area contributed by atoms with Crippen LogP contribution in [0.5, 0.6) is 0 Å². The van der Waals surface area contributed by atoms with Crippen molar-refractivity contribution in [2.24, 2.45) is 7.05 Å². The number of nitrogens with one attached hydrogen (secondary N) is 1. The summed E-state index contributed by atoms with van der Waals surface area (Å²) in [5.41, 5.74) is 3.06. The highest BCUT2D eigenvalue weighted by molar-refractivity contribution is 5.78. The Labute approximate surface area is 124 Å². The summed E-state index contributed by atoms with van der Waals surface area (Å²) >= 11 is 0. The molecule has 0 radical (unpaired) electrons. The topological polar surface area (TPSA) is 55.6 Å². The summed E-state index contributed by atoms with van der Waals surface area (Å²) in [6.07, 6.45) is 8.11. The largest absolute Gasteiger partial charge is 0.338 e. The van der Waals surface area contributed by atoms with Crippen molar-refractivity contribution >= 4 is 11.0 Å². The fourth-order valence-corrected chi connectivity index (χ4v) is 2.61. The van der Waals surface area contributed by atoms with Crippen LogP contribution in [-0.2, 0) is 13.5 Å². The van der Waals surface area contributed by atoms with Crippen LogP contribution in [0.15, 0.2) is 43.0 Å². The van der Waals surface area contributed by atoms with Crippen molar-refractivity contribution in [3.05, 3.63) is 54.4 Å². The lowest BCUT2D eigenvalue weighted by Crippen LogP contribution is -2.24.